The summed E-state index contributed by atoms with van der Waals surface area (Å²) < 4.78 is 6.53. The van der Waals surface area contributed by atoms with Crippen molar-refractivity contribution >= 4 is 40.5 Å². The minimum atomic E-state index is -2.46. The lowest BCUT2D eigenvalue weighted by Gasteiger charge is -2.33. The second-order valence-corrected chi connectivity index (χ2v) is 12.3. The summed E-state index contributed by atoms with van der Waals surface area (Å²) in [6, 6.07) is 44.9. The van der Waals surface area contributed by atoms with Crippen LogP contribution in [0.25, 0.3) is 0 Å². The normalized spacial score (nSPS) is 11.8. The molecule has 5 heteroatoms. The van der Waals surface area contributed by atoms with Crippen molar-refractivity contribution in [2.24, 2.45) is 0 Å². The molecule has 1 aromatic heterocycles. The molecule has 2 nitrogen and oxygen atoms in total. The Balaban J connectivity index is 0.00000289. The molecule has 0 radical (unpaired) electrons. The van der Waals surface area contributed by atoms with Gasteiger partial charge >= 0.3 is 5.97 Å². The summed E-state index contributed by atoms with van der Waals surface area (Å²) in [6.07, 6.45) is 0. The van der Waals surface area contributed by atoms with Crippen LogP contribution in [0.4, 0.5) is 0 Å². The zero-order valence-corrected chi connectivity index (χ0v) is 21.4. The van der Waals surface area contributed by atoms with E-state index in [9.17, 15) is 4.79 Å². The first-order chi connectivity index (χ1) is 16.8. The molecule has 0 N–H and O–H groups in total. The summed E-state index contributed by atoms with van der Waals surface area (Å²) in [5.41, 5.74) is 0.552. The van der Waals surface area contributed by atoms with Crippen LogP contribution in [-0.2, 0) is 4.74 Å². The average molecular weight is 515 g/mol. The molecule has 0 saturated carbocycles. The first-order valence-corrected chi connectivity index (χ1v) is 13.9. The fraction of sp³-hybridized carbons (Fsp3) is 0.0333. The smallest absolute Gasteiger partial charge is 0.341 e. The third-order valence-corrected chi connectivity index (χ3v) is 11.4. The molecule has 0 spiro atoms. The molecule has 0 fully saturated rings. The van der Waals surface area contributed by atoms with Crippen molar-refractivity contribution in [1.29, 1.82) is 0 Å². The SMILES string of the molecule is O=C(OC(c1cccs1)[P+](c1ccccc1)(c1ccccc1)c1ccccc1)c1ccccc1.[Cl-]. The Morgan fingerprint density at radius 3 is 1.43 bits per heavy atom. The van der Waals surface area contributed by atoms with Gasteiger partial charge in [-0.05, 0) is 60.0 Å². The zero-order chi connectivity index (χ0) is 23.2. The van der Waals surface area contributed by atoms with E-state index >= 15 is 0 Å². The maximum absolute atomic E-state index is 13.5. The summed E-state index contributed by atoms with van der Waals surface area (Å²) >= 11 is 1.63. The van der Waals surface area contributed by atoms with E-state index in [1.807, 2.05) is 60.0 Å². The van der Waals surface area contributed by atoms with Crippen LogP contribution in [0.15, 0.2) is 139 Å². The van der Waals surface area contributed by atoms with Crippen LogP contribution >= 0.6 is 18.6 Å². The average Bonchev–Trinajstić information content (AvgIpc) is 3.46. The van der Waals surface area contributed by atoms with Gasteiger partial charge in [-0.1, -0.05) is 78.9 Å². The van der Waals surface area contributed by atoms with Crippen molar-refractivity contribution in [2.75, 3.05) is 0 Å². The molecule has 0 aliphatic rings. The quantitative estimate of drug-likeness (QED) is 0.245. The van der Waals surface area contributed by atoms with E-state index in [-0.39, 0.29) is 18.4 Å². The Morgan fingerprint density at radius 1 is 0.600 bits per heavy atom. The summed E-state index contributed by atoms with van der Waals surface area (Å²) in [6.45, 7) is 0. The van der Waals surface area contributed by atoms with Crippen molar-refractivity contribution in [3.05, 3.63) is 149 Å². The Morgan fingerprint density at radius 2 is 1.03 bits per heavy atom. The largest absolute Gasteiger partial charge is 1.00 e. The Labute approximate surface area is 217 Å². The lowest BCUT2D eigenvalue weighted by atomic mass is 10.2. The lowest BCUT2D eigenvalue weighted by Crippen LogP contribution is -3.00. The van der Waals surface area contributed by atoms with E-state index in [4.69, 9.17) is 4.74 Å². The predicted octanol–water partition coefficient (Wildman–Crippen LogP) is 3.60. The molecule has 1 atom stereocenters. The summed E-state index contributed by atoms with van der Waals surface area (Å²) in [4.78, 5) is 14.5. The van der Waals surface area contributed by atoms with Crippen LogP contribution in [0, 0.1) is 0 Å². The van der Waals surface area contributed by atoms with Gasteiger partial charge in [0.2, 0.25) is 0 Å². The molecular weight excluding hydrogens is 491 g/mol. The molecule has 0 saturated heterocycles. The Bertz CT molecular complexity index is 1230. The van der Waals surface area contributed by atoms with Gasteiger partial charge in [-0.3, -0.25) is 0 Å². The zero-order valence-electron chi connectivity index (χ0n) is 18.9. The molecule has 5 rings (SSSR count). The molecule has 0 aliphatic heterocycles. The molecule has 4 aromatic carbocycles. The Hall–Kier alpha value is -3.23. The monoisotopic (exact) mass is 514 g/mol. The van der Waals surface area contributed by atoms with E-state index in [0.29, 0.717) is 5.56 Å². The van der Waals surface area contributed by atoms with Gasteiger partial charge in [-0.15, -0.1) is 11.3 Å². The highest BCUT2D eigenvalue weighted by molar-refractivity contribution is 7.96. The van der Waals surface area contributed by atoms with Gasteiger partial charge in [0.05, 0.1) is 10.4 Å². The fourth-order valence-corrected chi connectivity index (χ4v) is 9.99. The second kappa shape index (κ2) is 11.5. The molecule has 5 aromatic rings. The predicted molar refractivity (Wildman–Crippen MR) is 144 cm³/mol. The molecule has 174 valence electrons. The van der Waals surface area contributed by atoms with E-state index in [2.05, 4.69) is 78.9 Å². The number of hydrogen-bond donors (Lipinski definition) is 0. The molecule has 1 heterocycles. The van der Waals surface area contributed by atoms with E-state index in [1.54, 1.807) is 11.3 Å². The summed E-state index contributed by atoms with van der Waals surface area (Å²) in [7, 11) is -2.46. The van der Waals surface area contributed by atoms with Gasteiger partial charge in [0.25, 0.3) is 5.85 Å². The number of ether oxygens (including phenoxy) is 1. The van der Waals surface area contributed by atoms with E-state index in [0.717, 1.165) is 4.88 Å². The number of carbonyl (C=O) groups excluding carboxylic acids is 1. The van der Waals surface area contributed by atoms with Crippen molar-refractivity contribution in [2.45, 2.75) is 5.85 Å². The van der Waals surface area contributed by atoms with Crippen LogP contribution in [0.3, 0.4) is 0 Å². The highest BCUT2D eigenvalue weighted by Gasteiger charge is 2.56. The number of halogens is 1. The number of rotatable bonds is 7. The molecular formula is C30H24ClO2PS. The first-order valence-electron chi connectivity index (χ1n) is 11.1. The standard InChI is InChI=1S/C30H24O2PS.ClH/c31-29(24-14-5-1-6-15-24)32-30(28-22-13-23-34-28)33(25-16-7-2-8-17-25,26-18-9-3-10-19-26)27-20-11-4-12-21-27;/h1-23,30H;1H/q+1;/p-1. The maximum atomic E-state index is 13.5. The molecule has 0 bridgehead atoms. The first kappa shape index (κ1) is 24.9. The van der Waals surface area contributed by atoms with Gasteiger partial charge in [0.15, 0.2) is 7.26 Å². The maximum Gasteiger partial charge on any atom is 0.341 e. The van der Waals surface area contributed by atoms with Crippen LogP contribution in [-0.4, -0.2) is 5.97 Å². The van der Waals surface area contributed by atoms with Crippen LogP contribution in [0.5, 0.6) is 0 Å². The molecule has 35 heavy (non-hydrogen) atoms. The second-order valence-electron chi connectivity index (χ2n) is 7.87. The third kappa shape index (κ3) is 4.94. The third-order valence-electron chi connectivity index (χ3n) is 5.86. The van der Waals surface area contributed by atoms with Gasteiger partial charge in [0.1, 0.15) is 15.9 Å². The lowest BCUT2D eigenvalue weighted by molar-refractivity contribution is -0.0000260. The number of benzene rings is 4. The van der Waals surface area contributed by atoms with Crippen LogP contribution in [0.1, 0.15) is 21.1 Å². The van der Waals surface area contributed by atoms with Gasteiger partial charge < -0.3 is 17.1 Å². The molecule has 0 amide bonds. The van der Waals surface area contributed by atoms with E-state index in [1.165, 1.54) is 15.9 Å². The Kier molecular flexibility index (Phi) is 8.15. The molecule has 0 aliphatic carbocycles. The highest BCUT2D eigenvalue weighted by atomic mass is 35.5. The highest BCUT2D eigenvalue weighted by Crippen LogP contribution is 2.67. The number of carbonyl (C=O) groups is 1. The van der Waals surface area contributed by atoms with Crippen LogP contribution < -0.4 is 28.3 Å². The van der Waals surface area contributed by atoms with Crippen molar-refractivity contribution < 1.29 is 21.9 Å². The van der Waals surface area contributed by atoms with Crippen molar-refractivity contribution in [3.63, 3.8) is 0 Å². The van der Waals surface area contributed by atoms with E-state index < -0.39 is 13.1 Å². The number of hydrogen-bond acceptors (Lipinski definition) is 3. The van der Waals surface area contributed by atoms with Gasteiger partial charge in [-0.25, -0.2) is 4.79 Å². The van der Waals surface area contributed by atoms with Crippen molar-refractivity contribution in [1.82, 2.24) is 0 Å². The number of thiophene rings is 1. The summed E-state index contributed by atoms with van der Waals surface area (Å²) in [5, 5.41) is 5.57. The fourth-order valence-electron chi connectivity index (χ4n) is 4.35. The van der Waals surface area contributed by atoms with Crippen molar-refractivity contribution in [3.8, 4) is 0 Å². The summed E-state index contributed by atoms with van der Waals surface area (Å²) in [5.74, 6) is -0.779. The van der Waals surface area contributed by atoms with Crippen LogP contribution in [0.2, 0.25) is 0 Å². The topological polar surface area (TPSA) is 26.3 Å². The molecule has 1 unspecified atom stereocenters. The van der Waals surface area contributed by atoms with Gasteiger partial charge in [0, 0.05) is 0 Å². The minimum absolute atomic E-state index is 0. The minimum Gasteiger partial charge on any atom is -1.00 e. The van der Waals surface area contributed by atoms with Gasteiger partial charge in [-0.2, -0.15) is 0 Å². The number of esters is 1.